The fourth-order valence-electron chi connectivity index (χ4n) is 8.52. The number of amidine groups is 1. The number of benzene rings is 3. The number of hydrogen-bond donors (Lipinski definition) is 12. The first-order chi connectivity index (χ1) is 34.5. The summed E-state index contributed by atoms with van der Waals surface area (Å²) in [5.74, 6) is -1.74. The Kier molecular flexibility index (Phi) is 20.1. The van der Waals surface area contributed by atoms with Gasteiger partial charge in [-0.05, 0) is 59.7 Å². The number of nitrogens with one attached hydrogen (secondary N) is 4. The van der Waals surface area contributed by atoms with Gasteiger partial charge >= 0.3 is 5.97 Å². The standard InChI is InChI=1S/C47H64N6O19/c1-22(57)52-35-38(61)40(64-2)29(19-54)69-46(35)72-42-31(21-56)70-47(71-41-30(20-55)68-45(65-3)34(48)37(41)60)36(39(42)62)53-33(59)14-13-32(58)51-15-4-16-66-27-10-7-23(8-11-27)44(63)67-28-12-9-24-17-26(43(49)50)6-5-25(24)18-28/h5-12,17-18,29-31,34-42,45-47,54-56,60-62H,4,13-16,19-21,48H2,1-3H3,(H3,49,50)(H,51,58)(H,52,57)(H,53,59)/t29?,30?,31?,34?,35?,36?,37-,38-,39-,40-,41-,42-,45-,46+,47+/m1/s1. The van der Waals surface area contributed by atoms with Crippen molar-refractivity contribution in [1.82, 2.24) is 16.0 Å². The molecule has 3 fully saturated rings. The van der Waals surface area contributed by atoms with Crippen molar-refractivity contribution in [2.24, 2.45) is 11.5 Å². The van der Waals surface area contributed by atoms with Gasteiger partial charge in [-0.2, -0.15) is 0 Å². The first kappa shape index (κ1) is 55.8. The van der Waals surface area contributed by atoms with E-state index in [2.05, 4.69) is 16.0 Å². The van der Waals surface area contributed by atoms with Crippen LogP contribution in [0, 0.1) is 5.41 Å². The third-order valence-corrected chi connectivity index (χ3v) is 12.3. The largest absolute Gasteiger partial charge is 0.494 e. The average Bonchev–Trinajstić information content (AvgIpc) is 3.37. The molecule has 3 saturated heterocycles. The molecule has 0 bridgehead atoms. The molecule has 6 unspecified atom stereocenters. The fourth-order valence-corrected chi connectivity index (χ4v) is 8.52. The maximum atomic E-state index is 13.5. The number of carbonyl (C=O) groups is 4. The van der Waals surface area contributed by atoms with Crippen LogP contribution in [0.25, 0.3) is 10.8 Å². The second-order valence-corrected chi connectivity index (χ2v) is 17.3. The van der Waals surface area contributed by atoms with E-state index in [1.165, 1.54) is 21.1 Å². The van der Waals surface area contributed by atoms with Crippen molar-refractivity contribution >= 4 is 40.3 Å². The number of nitrogens with two attached hydrogens (primary N) is 2. The third kappa shape index (κ3) is 13.8. The highest BCUT2D eigenvalue weighted by Crippen LogP contribution is 2.33. The molecule has 14 N–H and O–H groups in total. The second kappa shape index (κ2) is 25.9. The molecule has 25 heteroatoms. The molecule has 0 aliphatic carbocycles. The summed E-state index contributed by atoms with van der Waals surface area (Å²) in [6, 6.07) is 12.5. The van der Waals surface area contributed by atoms with Crippen molar-refractivity contribution in [3.05, 3.63) is 71.8 Å². The average molecular weight is 1020 g/mol. The highest BCUT2D eigenvalue weighted by atomic mass is 16.7. The summed E-state index contributed by atoms with van der Waals surface area (Å²) >= 11 is 0. The smallest absolute Gasteiger partial charge is 0.343 e. The van der Waals surface area contributed by atoms with Crippen LogP contribution < -0.4 is 36.9 Å². The number of esters is 1. The summed E-state index contributed by atoms with van der Waals surface area (Å²) in [5.41, 5.74) is 12.6. The Balaban J connectivity index is 1.03. The van der Waals surface area contributed by atoms with Gasteiger partial charge in [0, 0.05) is 46.1 Å². The van der Waals surface area contributed by atoms with Crippen LogP contribution in [-0.4, -0.2) is 199 Å². The highest BCUT2D eigenvalue weighted by Gasteiger charge is 2.54. The predicted octanol–water partition coefficient (Wildman–Crippen LogP) is -3.01. The van der Waals surface area contributed by atoms with Gasteiger partial charge < -0.3 is 101 Å². The predicted molar refractivity (Wildman–Crippen MR) is 249 cm³/mol. The van der Waals surface area contributed by atoms with Crippen molar-refractivity contribution in [2.75, 3.05) is 47.2 Å². The van der Waals surface area contributed by atoms with E-state index in [1.807, 2.05) is 0 Å². The molecule has 3 aromatic rings. The van der Waals surface area contributed by atoms with Gasteiger partial charge in [-0.3, -0.25) is 19.8 Å². The number of methoxy groups -OCH3 is 2. The number of aliphatic hydroxyl groups is 6. The molecule has 0 radical (unpaired) electrons. The van der Waals surface area contributed by atoms with Crippen molar-refractivity contribution < 1.29 is 92.4 Å². The zero-order chi connectivity index (χ0) is 52.2. The van der Waals surface area contributed by atoms with Crippen LogP contribution in [-0.2, 0) is 47.5 Å². The van der Waals surface area contributed by atoms with Crippen LogP contribution in [0.15, 0.2) is 60.7 Å². The van der Waals surface area contributed by atoms with Crippen molar-refractivity contribution in [3.63, 3.8) is 0 Å². The van der Waals surface area contributed by atoms with Gasteiger partial charge in [0.1, 0.15) is 84.4 Å². The molecule has 3 heterocycles. The number of fused-ring (bicyclic) bond motifs is 1. The molecule has 3 aromatic carbocycles. The number of ether oxygens (including phenoxy) is 9. The molecule has 0 spiro atoms. The van der Waals surface area contributed by atoms with Crippen molar-refractivity contribution in [2.45, 2.75) is 118 Å². The monoisotopic (exact) mass is 1020 g/mol. The van der Waals surface area contributed by atoms with Crippen LogP contribution >= 0.6 is 0 Å². The van der Waals surface area contributed by atoms with Gasteiger partial charge in [-0.1, -0.05) is 18.2 Å². The van der Waals surface area contributed by atoms with E-state index in [-0.39, 0.29) is 31.0 Å². The van der Waals surface area contributed by atoms with Crippen LogP contribution in [0.4, 0.5) is 0 Å². The van der Waals surface area contributed by atoms with Gasteiger partial charge in [0.25, 0.3) is 0 Å². The molecule has 15 atom stereocenters. The topological polar surface area (TPSA) is 385 Å². The van der Waals surface area contributed by atoms with Crippen LogP contribution in [0.2, 0.25) is 0 Å². The van der Waals surface area contributed by atoms with Gasteiger partial charge in [-0.15, -0.1) is 0 Å². The van der Waals surface area contributed by atoms with Crippen molar-refractivity contribution in [3.8, 4) is 11.5 Å². The zero-order valence-corrected chi connectivity index (χ0v) is 39.7. The first-order valence-corrected chi connectivity index (χ1v) is 23.1. The summed E-state index contributed by atoms with van der Waals surface area (Å²) in [4.78, 5) is 51.5. The summed E-state index contributed by atoms with van der Waals surface area (Å²) < 4.78 is 51.6. The van der Waals surface area contributed by atoms with Gasteiger partial charge in [0.15, 0.2) is 18.9 Å². The Morgan fingerprint density at radius 3 is 1.79 bits per heavy atom. The number of nitrogen functional groups attached to an aromatic ring is 1. The lowest BCUT2D eigenvalue weighted by atomic mass is 9.93. The molecule has 3 aliphatic rings. The number of hydrogen-bond acceptors (Lipinski definition) is 21. The maximum absolute atomic E-state index is 13.5. The van der Waals surface area contributed by atoms with E-state index in [0.29, 0.717) is 23.5 Å². The molecule has 3 amide bonds. The molecule has 396 valence electrons. The number of rotatable bonds is 22. The van der Waals surface area contributed by atoms with Crippen LogP contribution in [0.1, 0.15) is 42.1 Å². The van der Waals surface area contributed by atoms with E-state index in [9.17, 15) is 49.8 Å². The van der Waals surface area contributed by atoms with E-state index >= 15 is 0 Å². The van der Waals surface area contributed by atoms with E-state index < -0.39 is 142 Å². The van der Waals surface area contributed by atoms with Gasteiger partial charge in [0.05, 0.1) is 38.0 Å². The molecule has 25 nitrogen and oxygen atoms in total. The number of amides is 3. The lowest BCUT2D eigenvalue weighted by molar-refractivity contribution is -0.352. The molecule has 0 saturated carbocycles. The molecule has 6 rings (SSSR count). The molecular weight excluding hydrogens is 953 g/mol. The number of carbonyl (C=O) groups excluding carboxylic acids is 4. The normalized spacial score (nSPS) is 30.5. The fraction of sp³-hybridized carbons (Fsp3) is 0.553. The Bertz CT molecular complexity index is 2310. The van der Waals surface area contributed by atoms with Crippen LogP contribution in [0.5, 0.6) is 11.5 Å². The molecule has 0 aromatic heterocycles. The SMILES string of the molecule is CO[C@@H]1OC(CO)[C@@H](O[C@@H]2OC(CO)[C@@H](O[C@@H]3OC(CO)[C@@H](OC)[C@H](O)C3NC(C)=O)[C@H](O)C2NC(=O)CCC(=O)NCCCOc2ccc(C(=O)Oc3ccc4cc(C(=N)N)ccc4c3)cc2)[C@H](O)C1N. The summed E-state index contributed by atoms with van der Waals surface area (Å²) in [7, 11) is 2.53. The summed E-state index contributed by atoms with van der Waals surface area (Å²) in [6.07, 6.45) is -17.9. The molecular formula is C47H64N6O19. The molecule has 3 aliphatic heterocycles. The quantitative estimate of drug-likeness (QED) is 0.0157. The Labute approximate surface area is 413 Å². The minimum atomic E-state index is -1.86. The molecule has 72 heavy (non-hydrogen) atoms. The van der Waals surface area contributed by atoms with Gasteiger partial charge in [-0.25, -0.2) is 4.79 Å². The summed E-state index contributed by atoms with van der Waals surface area (Å²) in [6.45, 7) is -0.692. The second-order valence-electron chi connectivity index (χ2n) is 17.3. The lowest BCUT2D eigenvalue weighted by Gasteiger charge is -2.50. The Morgan fingerprint density at radius 2 is 1.19 bits per heavy atom. The zero-order valence-electron chi connectivity index (χ0n) is 39.7. The minimum absolute atomic E-state index is 0.0518. The van der Waals surface area contributed by atoms with Crippen molar-refractivity contribution in [1.29, 1.82) is 5.41 Å². The summed E-state index contributed by atoms with van der Waals surface area (Å²) in [5, 5.41) is 82.0. The lowest BCUT2D eigenvalue weighted by Crippen LogP contribution is -2.70. The first-order valence-electron chi connectivity index (χ1n) is 23.1. The van der Waals surface area contributed by atoms with E-state index in [4.69, 9.17) is 59.5 Å². The third-order valence-electron chi connectivity index (χ3n) is 12.3. The number of aliphatic hydroxyl groups excluding tert-OH is 6. The Morgan fingerprint density at radius 1 is 0.667 bits per heavy atom. The maximum Gasteiger partial charge on any atom is 0.343 e. The van der Waals surface area contributed by atoms with Gasteiger partial charge in [0.2, 0.25) is 17.7 Å². The highest BCUT2D eigenvalue weighted by molar-refractivity contribution is 5.99. The Hall–Kier alpha value is -5.49. The minimum Gasteiger partial charge on any atom is -0.494 e. The van der Waals surface area contributed by atoms with E-state index in [0.717, 1.165) is 10.8 Å². The van der Waals surface area contributed by atoms with E-state index in [1.54, 1.807) is 60.7 Å². The van der Waals surface area contributed by atoms with Crippen LogP contribution in [0.3, 0.4) is 0 Å².